The molecule has 12 heavy (non-hydrogen) atoms. The van der Waals surface area contributed by atoms with Crippen LogP contribution in [0.5, 0.6) is 0 Å². The van der Waals surface area contributed by atoms with Crippen LogP contribution in [0, 0.1) is 10.5 Å². The van der Waals surface area contributed by atoms with Crippen LogP contribution in [0.4, 0.5) is 0 Å². The van der Waals surface area contributed by atoms with Gasteiger partial charge < -0.3 is 5.11 Å². The predicted octanol–water partition coefficient (Wildman–Crippen LogP) is 1.44. The minimum atomic E-state index is -0.863. The summed E-state index contributed by atoms with van der Waals surface area (Å²) in [5.41, 5.74) is 0.894. The van der Waals surface area contributed by atoms with Gasteiger partial charge in [0, 0.05) is 5.69 Å². The number of hydrogen-bond donors (Lipinski definition) is 1. The van der Waals surface area contributed by atoms with Gasteiger partial charge in [0.05, 0.1) is 9.77 Å². The molecule has 0 bridgehead atoms. The van der Waals surface area contributed by atoms with E-state index < -0.39 is 12.0 Å². The molecule has 4 nitrogen and oxygen atoms in total. The number of carboxylic acid groups (broad SMARTS) is 1. The summed E-state index contributed by atoms with van der Waals surface area (Å²) in [4.78, 5) is 10.6. The predicted molar refractivity (Wildman–Crippen MR) is 52.0 cm³/mol. The Bertz CT molecular complexity index is 308. The average molecular weight is 280 g/mol. The van der Waals surface area contributed by atoms with Gasteiger partial charge in [-0.05, 0) is 36.4 Å². The molecule has 0 aliphatic rings. The molecule has 0 unspecified atom stereocenters. The highest BCUT2D eigenvalue weighted by Crippen LogP contribution is 2.14. The monoisotopic (exact) mass is 280 g/mol. The second kappa shape index (κ2) is 3.42. The van der Waals surface area contributed by atoms with Gasteiger partial charge in [0.25, 0.3) is 0 Å². The zero-order chi connectivity index (χ0) is 9.30. The molecule has 1 N–H and O–H groups in total. The van der Waals surface area contributed by atoms with E-state index in [0.717, 1.165) is 9.26 Å². The van der Waals surface area contributed by atoms with E-state index in [2.05, 4.69) is 27.7 Å². The van der Waals surface area contributed by atoms with Crippen LogP contribution in [0.25, 0.3) is 0 Å². The van der Waals surface area contributed by atoms with E-state index in [1.165, 1.54) is 4.68 Å². The lowest BCUT2D eigenvalue weighted by Gasteiger charge is -2.08. The van der Waals surface area contributed by atoms with Crippen LogP contribution in [-0.2, 0) is 4.79 Å². The van der Waals surface area contributed by atoms with Crippen LogP contribution >= 0.6 is 22.6 Å². The summed E-state index contributed by atoms with van der Waals surface area (Å²) in [6.07, 6.45) is 1.66. The first kappa shape index (κ1) is 9.50. The smallest absolute Gasteiger partial charge is 0.328 e. The molecule has 0 spiro atoms. The number of aromatic nitrogens is 2. The molecule has 5 heteroatoms. The Morgan fingerprint density at radius 2 is 2.42 bits per heavy atom. The summed E-state index contributed by atoms with van der Waals surface area (Å²) >= 11 is 2.13. The van der Waals surface area contributed by atoms with Gasteiger partial charge in [0.2, 0.25) is 0 Å². The summed E-state index contributed by atoms with van der Waals surface area (Å²) in [6, 6.07) is -0.589. The van der Waals surface area contributed by atoms with Gasteiger partial charge in [-0.3, -0.25) is 4.68 Å². The van der Waals surface area contributed by atoms with Gasteiger partial charge in [-0.25, -0.2) is 4.79 Å². The number of rotatable bonds is 2. The maximum atomic E-state index is 10.6. The fourth-order valence-electron chi connectivity index (χ4n) is 0.897. The molecule has 0 fully saturated rings. The van der Waals surface area contributed by atoms with E-state index in [0.29, 0.717) is 0 Å². The Kier molecular flexibility index (Phi) is 2.71. The first-order valence-corrected chi connectivity index (χ1v) is 4.54. The Labute approximate surface area is 83.7 Å². The minimum Gasteiger partial charge on any atom is -0.480 e. The third kappa shape index (κ3) is 1.60. The lowest BCUT2D eigenvalue weighted by molar-refractivity contribution is -0.140. The zero-order valence-corrected chi connectivity index (χ0v) is 8.94. The maximum absolute atomic E-state index is 10.6. The molecule has 66 valence electrons. The fourth-order valence-corrected chi connectivity index (χ4v) is 1.27. The molecule has 1 aromatic heterocycles. The van der Waals surface area contributed by atoms with Gasteiger partial charge in [-0.15, -0.1) is 0 Å². The first-order valence-electron chi connectivity index (χ1n) is 3.46. The SMILES string of the molecule is Cc1c(I)cnn1[C@@H](C)C(=O)O. The molecular formula is C7H9IN2O2. The summed E-state index contributed by atoms with van der Waals surface area (Å²) in [5, 5.41) is 12.7. The van der Waals surface area contributed by atoms with Crippen LogP contribution in [0.2, 0.25) is 0 Å². The van der Waals surface area contributed by atoms with E-state index >= 15 is 0 Å². The topological polar surface area (TPSA) is 55.1 Å². The second-order valence-electron chi connectivity index (χ2n) is 2.54. The molecule has 0 aliphatic carbocycles. The van der Waals surface area contributed by atoms with E-state index in [1.807, 2.05) is 6.92 Å². The third-order valence-corrected chi connectivity index (χ3v) is 2.77. The van der Waals surface area contributed by atoms with Crippen LogP contribution in [0.3, 0.4) is 0 Å². The number of hydrogen-bond acceptors (Lipinski definition) is 2. The van der Waals surface area contributed by atoms with Crippen molar-refractivity contribution in [2.45, 2.75) is 19.9 Å². The normalized spacial score (nSPS) is 12.9. The first-order chi connectivity index (χ1) is 5.54. The van der Waals surface area contributed by atoms with Crippen molar-refractivity contribution >= 4 is 28.6 Å². The Balaban J connectivity index is 3.03. The van der Waals surface area contributed by atoms with E-state index in [-0.39, 0.29) is 0 Å². The Hall–Kier alpha value is -0.590. The second-order valence-corrected chi connectivity index (χ2v) is 3.70. The number of halogens is 1. The fraction of sp³-hybridized carbons (Fsp3) is 0.429. The van der Waals surface area contributed by atoms with Gasteiger partial charge in [0.15, 0.2) is 0 Å². The third-order valence-electron chi connectivity index (χ3n) is 1.71. The van der Waals surface area contributed by atoms with Gasteiger partial charge in [-0.1, -0.05) is 0 Å². The summed E-state index contributed by atoms with van der Waals surface area (Å²) < 4.78 is 2.49. The van der Waals surface area contributed by atoms with Gasteiger partial charge >= 0.3 is 5.97 Å². The van der Waals surface area contributed by atoms with Gasteiger partial charge in [0.1, 0.15) is 6.04 Å². The van der Waals surface area contributed by atoms with Crippen molar-refractivity contribution in [3.8, 4) is 0 Å². The molecule has 0 saturated carbocycles. The number of nitrogens with zero attached hydrogens (tertiary/aromatic N) is 2. The van der Waals surface area contributed by atoms with Crippen LogP contribution in [0.15, 0.2) is 6.20 Å². The largest absolute Gasteiger partial charge is 0.480 e. The maximum Gasteiger partial charge on any atom is 0.328 e. The van der Waals surface area contributed by atoms with Crippen LogP contribution in [-0.4, -0.2) is 20.9 Å². The molecule has 0 amide bonds. The van der Waals surface area contributed by atoms with Crippen molar-refractivity contribution in [3.05, 3.63) is 15.5 Å². The molecule has 0 aromatic carbocycles. The zero-order valence-electron chi connectivity index (χ0n) is 6.78. The Morgan fingerprint density at radius 3 is 2.75 bits per heavy atom. The molecule has 1 rings (SSSR count). The lowest BCUT2D eigenvalue weighted by atomic mass is 10.3. The molecule has 1 heterocycles. The summed E-state index contributed by atoms with van der Waals surface area (Å²) in [7, 11) is 0. The van der Waals surface area contributed by atoms with Crippen molar-refractivity contribution in [1.82, 2.24) is 9.78 Å². The van der Waals surface area contributed by atoms with Crippen molar-refractivity contribution in [2.24, 2.45) is 0 Å². The molecule has 1 aromatic rings. The Morgan fingerprint density at radius 1 is 1.83 bits per heavy atom. The van der Waals surface area contributed by atoms with E-state index in [9.17, 15) is 4.79 Å². The highest BCUT2D eigenvalue weighted by atomic mass is 127. The molecular weight excluding hydrogens is 271 g/mol. The molecule has 1 atom stereocenters. The van der Waals surface area contributed by atoms with Crippen LogP contribution < -0.4 is 0 Å². The van der Waals surface area contributed by atoms with Crippen molar-refractivity contribution in [1.29, 1.82) is 0 Å². The summed E-state index contributed by atoms with van der Waals surface area (Å²) in [6.45, 7) is 3.46. The van der Waals surface area contributed by atoms with Crippen molar-refractivity contribution in [2.75, 3.05) is 0 Å². The average Bonchev–Trinajstić information content (AvgIpc) is 2.32. The standard InChI is InChI=1S/C7H9IN2O2/c1-4-6(8)3-9-10(4)5(2)7(11)12/h3,5H,1-2H3,(H,11,12)/t5-/m0/s1. The lowest BCUT2D eigenvalue weighted by Crippen LogP contribution is -2.17. The van der Waals surface area contributed by atoms with E-state index in [1.54, 1.807) is 13.1 Å². The van der Waals surface area contributed by atoms with Crippen molar-refractivity contribution < 1.29 is 9.90 Å². The van der Waals surface area contributed by atoms with Crippen molar-refractivity contribution in [3.63, 3.8) is 0 Å². The number of carbonyl (C=O) groups is 1. The van der Waals surface area contributed by atoms with Crippen LogP contribution in [0.1, 0.15) is 18.7 Å². The molecule has 0 saturated heterocycles. The summed E-state index contributed by atoms with van der Waals surface area (Å²) in [5.74, 6) is -0.863. The molecule has 0 aliphatic heterocycles. The highest BCUT2D eigenvalue weighted by molar-refractivity contribution is 14.1. The van der Waals surface area contributed by atoms with Gasteiger partial charge in [-0.2, -0.15) is 5.10 Å². The van der Waals surface area contributed by atoms with E-state index in [4.69, 9.17) is 5.11 Å². The quantitative estimate of drug-likeness (QED) is 0.834. The highest BCUT2D eigenvalue weighted by Gasteiger charge is 2.16. The minimum absolute atomic E-state index is 0.589. The molecule has 0 radical (unpaired) electrons. The number of aliphatic carboxylic acids is 1. The number of carboxylic acids is 1.